The van der Waals surface area contributed by atoms with Crippen LogP contribution in [0.4, 0.5) is 0 Å². The number of fused-ring (bicyclic) bond motifs is 4. The van der Waals surface area contributed by atoms with Crippen molar-refractivity contribution in [2.24, 2.45) is 46.3 Å². The molecule has 0 aliphatic heterocycles. The summed E-state index contributed by atoms with van der Waals surface area (Å²) >= 11 is 5.98. The maximum atomic E-state index is 5.98. The van der Waals surface area contributed by atoms with Crippen LogP contribution in [0.5, 0.6) is 0 Å². The van der Waals surface area contributed by atoms with E-state index >= 15 is 0 Å². The Morgan fingerprint density at radius 2 is 1.28 bits per heavy atom. The lowest BCUT2D eigenvalue weighted by Crippen LogP contribution is -2.59. The summed E-state index contributed by atoms with van der Waals surface area (Å²) in [5.41, 5.74) is 2.99. The Kier molecular flexibility index (Phi) is 4.47. The molecule has 0 aromatic carbocycles. The van der Waals surface area contributed by atoms with Gasteiger partial charge in [0.2, 0.25) is 0 Å². The zero-order valence-corrected chi connectivity index (χ0v) is 18.0. The lowest BCUT2D eigenvalue weighted by Gasteiger charge is -2.66. The molecule has 6 fully saturated rings. The molecule has 6 aliphatic rings. The van der Waals surface area contributed by atoms with Crippen LogP contribution < -0.4 is 0 Å². The molecule has 25 heavy (non-hydrogen) atoms. The van der Waals surface area contributed by atoms with E-state index in [2.05, 4.69) is 47.6 Å². The molecular formula is C23H38BCl. The quantitative estimate of drug-likeness (QED) is 0.459. The van der Waals surface area contributed by atoms with Crippen molar-refractivity contribution in [1.82, 2.24) is 0 Å². The van der Waals surface area contributed by atoms with Crippen molar-refractivity contribution in [3.8, 4) is 0 Å². The van der Waals surface area contributed by atoms with Crippen molar-refractivity contribution in [3.63, 3.8) is 0 Å². The van der Waals surface area contributed by atoms with Gasteiger partial charge in [-0.15, -0.1) is 0 Å². The Hall–Kier alpha value is 0.0949. The lowest BCUT2D eigenvalue weighted by molar-refractivity contribution is -0.107. The van der Waals surface area contributed by atoms with Gasteiger partial charge in [-0.2, -0.15) is 0 Å². The average Bonchev–Trinajstić information content (AvgIpc) is 2.56. The van der Waals surface area contributed by atoms with E-state index in [0.717, 1.165) is 53.9 Å². The van der Waals surface area contributed by atoms with E-state index in [1.165, 1.54) is 32.0 Å². The van der Waals surface area contributed by atoms with E-state index in [9.17, 15) is 0 Å². The highest BCUT2D eigenvalue weighted by Gasteiger charge is 2.61. The summed E-state index contributed by atoms with van der Waals surface area (Å²) in [5, 5.41) is 0. The maximum Gasteiger partial charge on any atom is 0.150 e. The number of halogens is 1. The minimum absolute atomic E-state index is 0.602. The molecule has 0 heterocycles. The number of rotatable bonds is 4. The third kappa shape index (κ3) is 2.54. The van der Waals surface area contributed by atoms with Gasteiger partial charge in [-0.25, -0.2) is 0 Å². The summed E-state index contributed by atoms with van der Waals surface area (Å²) < 4.78 is 0. The zero-order chi connectivity index (χ0) is 18.1. The molecule has 0 saturated heterocycles. The predicted molar refractivity (Wildman–Crippen MR) is 111 cm³/mol. The van der Waals surface area contributed by atoms with Crippen molar-refractivity contribution in [3.05, 3.63) is 11.6 Å². The van der Waals surface area contributed by atoms with Crippen LogP contribution in [0.25, 0.3) is 0 Å². The van der Waals surface area contributed by atoms with Crippen LogP contribution in [-0.2, 0) is 0 Å². The van der Waals surface area contributed by atoms with Crippen LogP contribution in [0.3, 0.4) is 0 Å². The third-order valence-electron chi connectivity index (χ3n) is 10.4. The van der Waals surface area contributed by atoms with Crippen molar-refractivity contribution in [2.45, 2.75) is 85.2 Å². The van der Waals surface area contributed by atoms with Crippen molar-refractivity contribution < 1.29 is 0 Å². The van der Waals surface area contributed by atoms with Gasteiger partial charge >= 0.3 is 0 Å². The van der Waals surface area contributed by atoms with Gasteiger partial charge in [-0.3, -0.25) is 0 Å². The molecule has 2 heteroatoms. The second-order valence-corrected chi connectivity index (χ2v) is 11.8. The van der Waals surface area contributed by atoms with Crippen molar-refractivity contribution in [1.29, 1.82) is 0 Å². The van der Waals surface area contributed by atoms with E-state index in [1.54, 1.807) is 5.54 Å². The molecular weight excluding hydrogens is 323 g/mol. The molecule has 0 N–H and O–H groups in total. The first kappa shape index (κ1) is 18.5. The van der Waals surface area contributed by atoms with Crippen molar-refractivity contribution in [2.75, 3.05) is 0 Å². The fourth-order valence-corrected chi connectivity index (χ4v) is 8.49. The minimum atomic E-state index is 0.602. The van der Waals surface area contributed by atoms with Gasteiger partial charge in [0.05, 0.1) is 0 Å². The summed E-state index contributed by atoms with van der Waals surface area (Å²) in [7, 11) is 0. The topological polar surface area (TPSA) is 0 Å². The molecule has 0 amide bonds. The molecule has 6 rings (SSSR count). The van der Waals surface area contributed by atoms with Gasteiger partial charge in [0.15, 0.2) is 6.71 Å². The Balaban J connectivity index is 1.56. The summed E-state index contributed by atoms with van der Waals surface area (Å²) in [5.74, 6) is 7.53. The van der Waals surface area contributed by atoms with Crippen LogP contribution in [0.15, 0.2) is 11.6 Å². The van der Waals surface area contributed by atoms with Gasteiger partial charge in [-0.05, 0) is 64.7 Å². The third-order valence-corrected chi connectivity index (χ3v) is 10.6. The highest BCUT2D eigenvalue weighted by Crippen LogP contribution is 2.69. The Morgan fingerprint density at radius 1 is 0.840 bits per heavy atom. The summed E-state index contributed by atoms with van der Waals surface area (Å²) in [4.78, 5) is 0. The van der Waals surface area contributed by atoms with E-state index in [-0.39, 0.29) is 0 Å². The number of hydrogen-bond donors (Lipinski definition) is 0. The molecule has 0 unspecified atom stereocenters. The van der Waals surface area contributed by atoms with E-state index in [4.69, 9.17) is 11.6 Å². The average molecular weight is 361 g/mol. The normalized spacial score (nSPS) is 49.4. The molecule has 0 spiro atoms. The summed E-state index contributed by atoms with van der Waals surface area (Å²) in [6, 6.07) is 0. The van der Waals surface area contributed by atoms with Gasteiger partial charge in [0, 0.05) is 0 Å². The van der Waals surface area contributed by atoms with Crippen molar-refractivity contribution >= 4 is 18.3 Å². The van der Waals surface area contributed by atoms with Crippen LogP contribution in [0.1, 0.15) is 67.2 Å². The fourth-order valence-electron chi connectivity index (χ4n) is 8.39. The van der Waals surface area contributed by atoms with Gasteiger partial charge < -0.3 is 0 Å². The number of hydrogen-bond acceptors (Lipinski definition) is 0. The highest BCUT2D eigenvalue weighted by atomic mass is 35.5. The van der Waals surface area contributed by atoms with Crippen LogP contribution in [0, 0.1) is 46.3 Å². The smallest absolute Gasteiger partial charge is 0.0933 e. The Bertz CT molecular complexity index is 508. The molecule has 8 atom stereocenters. The monoisotopic (exact) mass is 360 g/mol. The van der Waals surface area contributed by atoms with Gasteiger partial charge in [0.1, 0.15) is 0 Å². The summed E-state index contributed by atoms with van der Waals surface area (Å²) in [6.07, 6.45) is 9.44. The SMILES string of the molecule is C[C@@H]1[C@@H](B(C/C=C\Cl)[C@H]2C[C@H]3C[C@@H]([C@@H]2C)C3(C)C)C[C@H]2C[C@@H]1C2(C)C. The molecule has 0 radical (unpaired) electrons. The first-order valence-corrected chi connectivity index (χ1v) is 11.4. The molecule has 140 valence electrons. The molecule has 6 aliphatic carbocycles. The summed E-state index contributed by atoms with van der Waals surface area (Å²) in [6.45, 7) is 16.2. The van der Waals surface area contributed by atoms with Crippen LogP contribution in [-0.4, -0.2) is 6.71 Å². The molecule has 0 aromatic rings. The maximum absolute atomic E-state index is 5.98. The molecule has 0 aromatic heterocycles. The van der Waals surface area contributed by atoms with Gasteiger partial charge in [-0.1, -0.05) is 90.0 Å². The first-order valence-electron chi connectivity index (χ1n) is 10.9. The first-order chi connectivity index (χ1) is 11.7. The Labute approximate surface area is 161 Å². The second kappa shape index (κ2) is 6.05. The Morgan fingerprint density at radius 3 is 1.60 bits per heavy atom. The molecule has 6 saturated carbocycles. The molecule has 0 nitrogen and oxygen atoms in total. The van der Waals surface area contributed by atoms with Crippen LogP contribution in [0.2, 0.25) is 18.0 Å². The van der Waals surface area contributed by atoms with Gasteiger partial charge in [0.25, 0.3) is 0 Å². The van der Waals surface area contributed by atoms with E-state index < -0.39 is 0 Å². The second-order valence-electron chi connectivity index (χ2n) is 11.5. The predicted octanol–water partition coefficient (Wildman–Crippen LogP) is 7.38. The molecule has 4 bridgehead atoms. The minimum Gasteiger partial charge on any atom is -0.0933 e. The zero-order valence-electron chi connectivity index (χ0n) is 17.3. The highest BCUT2D eigenvalue weighted by molar-refractivity contribution is 6.63. The fraction of sp³-hybridized carbons (Fsp3) is 0.913. The largest absolute Gasteiger partial charge is 0.150 e. The number of allylic oxidation sites excluding steroid dienone is 1. The standard InChI is InChI=1S/C23H38BCl/c1-14-18-10-16(22(18,3)4)12-20(14)24(8-7-9-25)21-13-17-11-19(15(21)2)23(17,5)6/h7,9,14-21H,8,10-13H2,1-6H3/b9-7-/t14-,15-,16+,17+,18-,19-,20-,21-/m0/s1. The van der Waals surface area contributed by atoms with E-state index in [0.29, 0.717) is 10.8 Å². The van der Waals surface area contributed by atoms with E-state index in [1.807, 2.05) is 0 Å². The lowest BCUT2D eigenvalue weighted by atomic mass is 9.20. The van der Waals surface area contributed by atoms with Crippen LogP contribution >= 0.6 is 11.6 Å².